The fourth-order valence-electron chi connectivity index (χ4n) is 4.49. The topological polar surface area (TPSA) is 76.1 Å². The van der Waals surface area contributed by atoms with E-state index in [1.165, 1.54) is 24.9 Å². The number of aromatic nitrogens is 1. The van der Waals surface area contributed by atoms with Crippen molar-refractivity contribution in [3.05, 3.63) is 59.9 Å². The van der Waals surface area contributed by atoms with Crippen molar-refractivity contribution in [2.24, 2.45) is 5.92 Å². The number of piperidine rings is 1. The average molecular weight is 445 g/mol. The number of nitrogens with one attached hydrogen (secondary N) is 1. The molecule has 2 aromatic rings. The Morgan fingerprint density at radius 2 is 1.84 bits per heavy atom. The number of ketones is 1. The molecule has 0 atom stereocenters. The summed E-state index contributed by atoms with van der Waals surface area (Å²) in [6, 6.07) is 10.9. The van der Waals surface area contributed by atoms with Gasteiger partial charge in [0.1, 0.15) is 0 Å². The number of Topliss-reactive ketones (excluding diaryl/α,β-unsaturated/α-hetero) is 1. The van der Waals surface area contributed by atoms with Crippen molar-refractivity contribution in [1.29, 1.82) is 0 Å². The predicted octanol–water partition coefficient (Wildman–Crippen LogP) is 3.91. The SMILES string of the molecule is CCCC[N+]1(CCc2cccnc2)CCC(C(=O)c2ccc(NS(C)(=O)=O)cc2)CC1. The normalized spacial score (nSPS) is 21.5. The lowest BCUT2D eigenvalue weighted by molar-refractivity contribution is -0.933. The van der Waals surface area contributed by atoms with Crippen molar-refractivity contribution in [2.45, 2.75) is 39.0 Å². The van der Waals surface area contributed by atoms with Gasteiger partial charge in [0.2, 0.25) is 10.0 Å². The van der Waals surface area contributed by atoms with E-state index in [0.29, 0.717) is 11.3 Å². The standard InChI is InChI=1S/C24H33N3O3S/c1-3-4-15-27(16-11-20-6-5-14-25-19-20)17-12-22(13-18-27)24(28)21-7-9-23(10-8-21)26-31(2,29)30/h5-10,14,19,22H,3-4,11-13,15-18H2,1-2H3/p+1. The summed E-state index contributed by atoms with van der Waals surface area (Å²) in [4.78, 5) is 17.3. The summed E-state index contributed by atoms with van der Waals surface area (Å²) in [5, 5.41) is 0. The Bertz CT molecular complexity index is 951. The number of pyridine rings is 1. The molecule has 6 nitrogen and oxygen atoms in total. The van der Waals surface area contributed by atoms with E-state index in [0.717, 1.165) is 49.6 Å². The predicted molar refractivity (Wildman–Crippen MR) is 125 cm³/mol. The molecule has 1 aromatic heterocycles. The quantitative estimate of drug-likeness (QED) is 0.445. The maximum absolute atomic E-state index is 13.0. The van der Waals surface area contributed by atoms with Crippen LogP contribution in [0, 0.1) is 5.92 Å². The number of rotatable bonds is 10. The Balaban J connectivity index is 1.61. The smallest absolute Gasteiger partial charge is 0.229 e. The Morgan fingerprint density at radius 3 is 2.42 bits per heavy atom. The van der Waals surface area contributed by atoms with E-state index in [1.54, 1.807) is 24.3 Å². The molecule has 7 heteroatoms. The van der Waals surface area contributed by atoms with Crippen molar-refractivity contribution in [3.8, 4) is 0 Å². The number of anilines is 1. The van der Waals surface area contributed by atoms with E-state index in [-0.39, 0.29) is 11.7 Å². The van der Waals surface area contributed by atoms with Gasteiger partial charge in [0.15, 0.2) is 5.78 Å². The van der Waals surface area contributed by atoms with Crippen molar-refractivity contribution < 1.29 is 17.7 Å². The summed E-state index contributed by atoms with van der Waals surface area (Å²) in [7, 11) is -3.32. The second-order valence-corrected chi connectivity index (χ2v) is 10.5. The third-order valence-corrected chi connectivity index (χ3v) is 6.94. The van der Waals surface area contributed by atoms with Gasteiger partial charge in [-0.05, 0) is 42.3 Å². The van der Waals surface area contributed by atoms with Gasteiger partial charge < -0.3 is 4.48 Å². The van der Waals surface area contributed by atoms with Gasteiger partial charge in [-0.2, -0.15) is 0 Å². The molecule has 1 aliphatic heterocycles. The van der Waals surface area contributed by atoms with Crippen LogP contribution in [0.2, 0.25) is 0 Å². The molecule has 1 aliphatic rings. The highest BCUT2D eigenvalue weighted by atomic mass is 32.2. The van der Waals surface area contributed by atoms with Gasteiger partial charge in [-0.3, -0.25) is 14.5 Å². The van der Waals surface area contributed by atoms with Crippen molar-refractivity contribution in [3.63, 3.8) is 0 Å². The maximum atomic E-state index is 13.0. The van der Waals surface area contributed by atoms with Gasteiger partial charge in [0.25, 0.3) is 0 Å². The van der Waals surface area contributed by atoms with Crippen LogP contribution >= 0.6 is 0 Å². The molecule has 2 heterocycles. The third-order valence-electron chi connectivity index (χ3n) is 6.33. The average Bonchev–Trinajstić information content (AvgIpc) is 2.77. The van der Waals surface area contributed by atoms with Crippen LogP contribution in [-0.2, 0) is 16.4 Å². The minimum absolute atomic E-state index is 0.0417. The minimum atomic E-state index is -3.32. The summed E-state index contributed by atoms with van der Waals surface area (Å²) < 4.78 is 26.3. The van der Waals surface area contributed by atoms with Gasteiger partial charge in [-0.15, -0.1) is 0 Å². The number of unbranched alkanes of at least 4 members (excludes halogenated alkanes) is 1. The molecule has 3 rings (SSSR count). The highest BCUT2D eigenvalue weighted by Crippen LogP contribution is 2.28. The van der Waals surface area contributed by atoms with Gasteiger partial charge in [-0.1, -0.05) is 19.4 Å². The van der Waals surface area contributed by atoms with Gasteiger partial charge in [0.05, 0.1) is 32.4 Å². The highest BCUT2D eigenvalue weighted by molar-refractivity contribution is 7.92. The molecular formula is C24H34N3O3S+. The van der Waals surface area contributed by atoms with E-state index in [2.05, 4.69) is 22.7 Å². The molecule has 0 amide bonds. The highest BCUT2D eigenvalue weighted by Gasteiger charge is 2.36. The third kappa shape index (κ3) is 6.87. The van der Waals surface area contributed by atoms with Gasteiger partial charge in [-0.25, -0.2) is 8.42 Å². The Labute approximate surface area is 186 Å². The molecule has 1 N–H and O–H groups in total. The molecule has 168 valence electrons. The first-order chi connectivity index (χ1) is 14.8. The number of carbonyl (C=O) groups is 1. The van der Waals surface area contributed by atoms with Crippen LogP contribution < -0.4 is 4.72 Å². The molecule has 0 aliphatic carbocycles. The van der Waals surface area contributed by atoms with Crippen molar-refractivity contribution in [1.82, 2.24) is 4.98 Å². The summed E-state index contributed by atoms with van der Waals surface area (Å²) in [6.45, 7) is 6.56. The zero-order valence-electron chi connectivity index (χ0n) is 18.6. The first kappa shape index (κ1) is 23.4. The number of benzene rings is 1. The second kappa shape index (κ2) is 10.4. The number of sulfonamides is 1. The largest absolute Gasteiger partial charge is 0.323 e. The molecule has 0 spiro atoms. The minimum Gasteiger partial charge on any atom is -0.323 e. The second-order valence-electron chi connectivity index (χ2n) is 8.79. The molecule has 1 aromatic carbocycles. The molecule has 0 radical (unpaired) electrons. The molecule has 0 saturated carbocycles. The monoisotopic (exact) mass is 444 g/mol. The van der Waals surface area contributed by atoms with E-state index in [4.69, 9.17) is 0 Å². The first-order valence-corrected chi connectivity index (χ1v) is 13.1. The van der Waals surface area contributed by atoms with E-state index in [1.807, 2.05) is 18.5 Å². The van der Waals surface area contributed by atoms with Gasteiger partial charge in [0, 0.05) is 48.8 Å². The zero-order valence-corrected chi connectivity index (χ0v) is 19.4. The summed E-state index contributed by atoms with van der Waals surface area (Å²) in [5.41, 5.74) is 2.42. The van der Waals surface area contributed by atoms with Crippen molar-refractivity contribution in [2.75, 3.05) is 37.2 Å². The summed E-state index contributed by atoms with van der Waals surface area (Å²) >= 11 is 0. The molecule has 0 unspecified atom stereocenters. The van der Waals surface area contributed by atoms with Crippen LogP contribution in [0.5, 0.6) is 0 Å². The lowest BCUT2D eigenvalue weighted by Crippen LogP contribution is -2.55. The van der Waals surface area contributed by atoms with Crippen LogP contribution in [0.1, 0.15) is 48.5 Å². The van der Waals surface area contributed by atoms with Crippen molar-refractivity contribution >= 4 is 21.5 Å². The number of hydrogen-bond donors (Lipinski definition) is 1. The number of hydrogen-bond acceptors (Lipinski definition) is 4. The summed E-state index contributed by atoms with van der Waals surface area (Å²) in [6.07, 6.45) is 10.1. The number of carbonyl (C=O) groups excluding carboxylic acids is 1. The van der Waals surface area contributed by atoms with Crippen LogP contribution in [0.4, 0.5) is 5.69 Å². The molecule has 1 saturated heterocycles. The van der Waals surface area contributed by atoms with Crippen LogP contribution in [0.3, 0.4) is 0 Å². The van der Waals surface area contributed by atoms with Gasteiger partial charge >= 0.3 is 0 Å². The number of nitrogens with zero attached hydrogens (tertiary/aromatic N) is 2. The van der Waals surface area contributed by atoms with Crippen LogP contribution in [0.25, 0.3) is 0 Å². The number of quaternary nitrogens is 1. The lowest BCUT2D eigenvalue weighted by atomic mass is 9.87. The maximum Gasteiger partial charge on any atom is 0.229 e. The number of likely N-dealkylation sites (tertiary alicyclic amines) is 1. The molecule has 0 bridgehead atoms. The van der Waals surface area contributed by atoms with E-state index < -0.39 is 10.0 Å². The Hall–Kier alpha value is -2.25. The lowest BCUT2D eigenvalue weighted by Gasteiger charge is -2.44. The van der Waals surface area contributed by atoms with Crippen LogP contribution in [-0.4, -0.2) is 56.1 Å². The zero-order chi connectivity index (χ0) is 22.3. The summed E-state index contributed by atoms with van der Waals surface area (Å²) in [5.74, 6) is 0.214. The molecule has 1 fully saturated rings. The Kier molecular flexibility index (Phi) is 7.84. The first-order valence-electron chi connectivity index (χ1n) is 11.2. The fraction of sp³-hybridized carbons (Fsp3) is 0.500. The van der Waals surface area contributed by atoms with E-state index in [9.17, 15) is 13.2 Å². The Morgan fingerprint density at radius 1 is 1.13 bits per heavy atom. The van der Waals surface area contributed by atoms with Crippen LogP contribution in [0.15, 0.2) is 48.8 Å². The molecule has 31 heavy (non-hydrogen) atoms. The fourth-order valence-corrected chi connectivity index (χ4v) is 5.06. The van der Waals surface area contributed by atoms with E-state index >= 15 is 0 Å². The molecular weight excluding hydrogens is 410 g/mol.